The molecule has 156 valence electrons. The molecule has 6 nitrogen and oxygen atoms in total. The van der Waals surface area contributed by atoms with Gasteiger partial charge in [-0.2, -0.15) is 0 Å². The first-order valence-electron chi connectivity index (χ1n) is 9.53. The van der Waals surface area contributed by atoms with Gasteiger partial charge in [0, 0.05) is 27.6 Å². The molecule has 2 aromatic carbocycles. The van der Waals surface area contributed by atoms with Gasteiger partial charge in [0.05, 0.1) is 17.2 Å². The fourth-order valence-corrected chi connectivity index (χ4v) is 3.65. The van der Waals surface area contributed by atoms with E-state index < -0.39 is 11.6 Å². The molecule has 1 heterocycles. The highest BCUT2D eigenvalue weighted by molar-refractivity contribution is 6.35. The molecule has 0 saturated carbocycles. The van der Waals surface area contributed by atoms with E-state index in [1.54, 1.807) is 44.2 Å². The number of carbonyl (C=O) groups is 2. The number of nitrogens with zero attached hydrogens (tertiary/aromatic N) is 1. The number of aromatic nitrogens is 1. The summed E-state index contributed by atoms with van der Waals surface area (Å²) < 4.78 is 5.65. The zero-order chi connectivity index (χ0) is 22.1. The number of fused-ring (bicyclic) bond motifs is 1. The molecule has 2 N–H and O–H groups in total. The Hall–Kier alpha value is -3.12. The van der Waals surface area contributed by atoms with E-state index in [-0.39, 0.29) is 10.8 Å². The fourth-order valence-electron chi connectivity index (χ4n) is 3.39. The minimum atomic E-state index is -1.14. The number of ketones is 1. The first-order valence-corrected chi connectivity index (χ1v) is 9.91. The molecule has 7 heteroatoms. The van der Waals surface area contributed by atoms with Crippen molar-refractivity contribution in [2.24, 2.45) is 0 Å². The van der Waals surface area contributed by atoms with E-state index in [9.17, 15) is 9.59 Å². The zero-order valence-electron chi connectivity index (χ0n) is 17.2. The van der Waals surface area contributed by atoms with Crippen LogP contribution in [0.5, 0.6) is 5.88 Å². The van der Waals surface area contributed by atoms with E-state index in [1.165, 1.54) is 0 Å². The van der Waals surface area contributed by atoms with Crippen molar-refractivity contribution >= 4 is 34.2 Å². The third-order valence-electron chi connectivity index (χ3n) is 4.85. The van der Waals surface area contributed by atoms with Crippen LogP contribution in [-0.4, -0.2) is 28.6 Å². The number of hydrogen-bond donors (Lipinski definition) is 2. The molecule has 1 amide bonds. The number of hydrogen-bond acceptors (Lipinski definition) is 4. The summed E-state index contributed by atoms with van der Waals surface area (Å²) in [6.07, 6.45) is -1.14. The van der Waals surface area contributed by atoms with E-state index in [1.807, 2.05) is 26.0 Å². The molecule has 0 fully saturated rings. The van der Waals surface area contributed by atoms with Gasteiger partial charge in [0.1, 0.15) is 0 Å². The summed E-state index contributed by atoms with van der Waals surface area (Å²) >= 11 is 6.45. The first kappa shape index (κ1) is 21.6. The van der Waals surface area contributed by atoms with Crippen molar-refractivity contribution < 1.29 is 19.4 Å². The number of carboxylic acid groups (broad SMARTS) is 1. The summed E-state index contributed by atoms with van der Waals surface area (Å²) in [6.45, 7) is 7.65. The average molecular weight is 427 g/mol. The highest BCUT2D eigenvalue weighted by Gasteiger charge is 2.25. The van der Waals surface area contributed by atoms with Crippen molar-refractivity contribution in [2.45, 2.75) is 33.2 Å². The van der Waals surface area contributed by atoms with Gasteiger partial charge < -0.3 is 15.2 Å². The largest absolute Gasteiger partial charge is 0.478 e. The van der Waals surface area contributed by atoms with E-state index in [2.05, 4.69) is 10.3 Å². The maximum absolute atomic E-state index is 13.3. The van der Waals surface area contributed by atoms with E-state index in [0.717, 1.165) is 16.5 Å². The minimum absolute atomic E-state index is 0.228. The molecular weight excluding hydrogens is 404 g/mol. The number of aryl methyl sites for hydroxylation is 1. The Morgan fingerprint density at radius 1 is 1.13 bits per heavy atom. The third kappa shape index (κ3) is 4.24. The van der Waals surface area contributed by atoms with Crippen LogP contribution >= 0.6 is 11.6 Å². The summed E-state index contributed by atoms with van der Waals surface area (Å²) in [7, 11) is 0. The molecule has 1 aromatic heterocycles. The van der Waals surface area contributed by atoms with Crippen molar-refractivity contribution in [3.63, 3.8) is 0 Å². The van der Waals surface area contributed by atoms with Gasteiger partial charge in [-0.1, -0.05) is 29.8 Å². The van der Waals surface area contributed by atoms with Crippen LogP contribution in [0.15, 0.2) is 42.5 Å². The molecule has 0 atom stereocenters. The topological polar surface area (TPSA) is 88.5 Å². The second-order valence-electron chi connectivity index (χ2n) is 7.48. The van der Waals surface area contributed by atoms with E-state index in [0.29, 0.717) is 29.2 Å². The Morgan fingerprint density at radius 2 is 1.87 bits per heavy atom. The van der Waals surface area contributed by atoms with Crippen LogP contribution in [0, 0.1) is 6.92 Å². The lowest BCUT2D eigenvalue weighted by atomic mass is 9.91. The summed E-state index contributed by atoms with van der Waals surface area (Å²) in [5.74, 6) is 0.263. The number of halogens is 1. The van der Waals surface area contributed by atoms with Gasteiger partial charge in [-0.3, -0.25) is 4.79 Å². The number of carbonyl (C=O) groups excluding carboxylic acids is 1. The summed E-state index contributed by atoms with van der Waals surface area (Å²) in [5.41, 5.74) is 1.38. The molecule has 0 unspecified atom stereocenters. The van der Waals surface area contributed by atoms with Crippen molar-refractivity contribution in [1.29, 1.82) is 0 Å². The van der Waals surface area contributed by atoms with E-state index in [4.69, 9.17) is 21.4 Å². The molecular formula is C23H23ClN2O4. The molecule has 0 saturated heterocycles. The minimum Gasteiger partial charge on any atom is -0.478 e. The number of ether oxygens (including phenoxy) is 1. The Balaban J connectivity index is 2.07. The van der Waals surface area contributed by atoms with Crippen molar-refractivity contribution in [3.8, 4) is 5.88 Å². The highest BCUT2D eigenvalue weighted by atomic mass is 35.5. The molecule has 0 bridgehead atoms. The Morgan fingerprint density at radius 3 is 2.50 bits per heavy atom. The summed E-state index contributed by atoms with van der Waals surface area (Å²) in [4.78, 5) is 28.8. The lowest BCUT2D eigenvalue weighted by Gasteiger charge is -2.25. The fraction of sp³-hybridized carbons (Fsp3) is 0.261. The van der Waals surface area contributed by atoms with Gasteiger partial charge in [0.2, 0.25) is 5.88 Å². The molecule has 30 heavy (non-hydrogen) atoms. The lowest BCUT2D eigenvalue weighted by Crippen LogP contribution is -2.40. The van der Waals surface area contributed by atoms with Gasteiger partial charge in [0.25, 0.3) is 0 Å². The molecule has 3 rings (SSSR count). The van der Waals surface area contributed by atoms with Gasteiger partial charge in [-0.05, 0) is 57.5 Å². The van der Waals surface area contributed by atoms with Crippen LogP contribution in [-0.2, 0) is 5.54 Å². The number of nitrogens with one attached hydrogen (secondary N) is 1. The van der Waals surface area contributed by atoms with Crippen molar-refractivity contribution in [1.82, 2.24) is 10.3 Å². The van der Waals surface area contributed by atoms with Crippen LogP contribution in [0.25, 0.3) is 10.8 Å². The third-order valence-corrected chi connectivity index (χ3v) is 5.16. The predicted molar refractivity (Wildman–Crippen MR) is 117 cm³/mol. The Labute approximate surface area is 179 Å². The molecule has 0 aliphatic rings. The molecule has 0 radical (unpaired) electrons. The monoisotopic (exact) mass is 426 g/mol. The Bertz CT molecular complexity index is 1140. The van der Waals surface area contributed by atoms with Gasteiger partial charge in [0.15, 0.2) is 5.78 Å². The SMILES string of the molecule is CCOc1nc(C)cc2c(C(=O)c3ccc(C(C)(C)NC(=O)O)cc3Cl)cccc12. The highest BCUT2D eigenvalue weighted by Crippen LogP contribution is 2.31. The van der Waals surface area contributed by atoms with Gasteiger partial charge in [-0.15, -0.1) is 0 Å². The van der Waals surface area contributed by atoms with Crippen LogP contribution in [0.3, 0.4) is 0 Å². The molecule has 0 spiro atoms. The lowest BCUT2D eigenvalue weighted by molar-refractivity contribution is 0.104. The van der Waals surface area contributed by atoms with Crippen LogP contribution in [0.4, 0.5) is 4.79 Å². The standard InChI is InChI=1S/C23H23ClN2O4/c1-5-30-21-16-8-6-7-15(18(16)11-13(2)25-21)20(27)17-10-9-14(12-19(17)24)23(3,4)26-22(28)29/h6-12,26H,5H2,1-4H3,(H,28,29). The number of amides is 1. The Kier molecular flexibility index (Phi) is 5.99. The van der Waals surface area contributed by atoms with Crippen LogP contribution in [0.1, 0.15) is 48.0 Å². The van der Waals surface area contributed by atoms with Crippen molar-refractivity contribution in [3.05, 3.63) is 69.9 Å². The second kappa shape index (κ2) is 8.32. The van der Waals surface area contributed by atoms with Gasteiger partial charge in [-0.25, -0.2) is 9.78 Å². The summed E-state index contributed by atoms with van der Waals surface area (Å²) in [6, 6.07) is 12.2. The van der Waals surface area contributed by atoms with Crippen LogP contribution < -0.4 is 10.1 Å². The maximum atomic E-state index is 13.3. The normalized spacial score (nSPS) is 11.4. The quantitative estimate of drug-likeness (QED) is 0.520. The summed E-state index contributed by atoms with van der Waals surface area (Å²) in [5, 5.41) is 13.2. The average Bonchev–Trinajstić information content (AvgIpc) is 2.66. The number of pyridine rings is 1. The molecule has 0 aliphatic carbocycles. The number of rotatable bonds is 6. The molecule has 0 aliphatic heterocycles. The first-order chi connectivity index (χ1) is 14.1. The van der Waals surface area contributed by atoms with Crippen molar-refractivity contribution in [2.75, 3.05) is 6.61 Å². The zero-order valence-corrected chi connectivity index (χ0v) is 18.0. The van der Waals surface area contributed by atoms with Crippen LogP contribution in [0.2, 0.25) is 5.02 Å². The van der Waals surface area contributed by atoms with E-state index >= 15 is 0 Å². The number of benzene rings is 2. The second-order valence-corrected chi connectivity index (χ2v) is 7.89. The molecule has 3 aromatic rings. The maximum Gasteiger partial charge on any atom is 0.405 e. The predicted octanol–water partition coefficient (Wildman–Crippen LogP) is 5.33. The van der Waals surface area contributed by atoms with Gasteiger partial charge >= 0.3 is 6.09 Å². The smallest absolute Gasteiger partial charge is 0.405 e.